The standard InChI is InChI=1S/C17H13N3O3/c1-23-17(22)12-7-3-5-9-14(12)18-16(21)15-10-11-6-2-4-8-13(11)19-20-15/h2-10H,1H3,(H,18,21). The van der Waals surface area contributed by atoms with Gasteiger partial charge in [-0.15, -0.1) is 10.2 Å². The van der Waals surface area contributed by atoms with Crippen LogP contribution < -0.4 is 5.32 Å². The number of carbonyl (C=O) groups excluding carboxylic acids is 2. The third kappa shape index (κ3) is 3.01. The Labute approximate surface area is 132 Å². The molecule has 1 N–H and O–H groups in total. The molecule has 3 rings (SSSR count). The minimum atomic E-state index is -0.523. The van der Waals surface area contributed by atoms with Crippen LogP contribution in [0, 0.1) is 0 Å². The van der Waals surface area contributed by atoms with E-state index < -0.39 is 11.9 Å². The number of nitrogens with one attached hydrogen (secondary N) is 1. The van der Waals surface area contributed by atoms with E-state index in [4.69, 9.17) is 4.74 Å². The van der Waals surface area contributed by atoms with Crippen LogP contribution in [0.5, 0.6) is 0 Å². The van der Waals surface area contributed by atoms with E-state index in [-0.39, 0.29) is 11.3 Å². The van der Waals surface area contributed by atoms with Crippen LogP contribution in [0.25, 0.3) is 10.9 Å². The number of rotatable bonds is 3. The Kier molecular flexibility index (Phi) is 3.97. The van der Waals surface area contributed by atoms with E-state index in [1.165, 1.54) is 7.11 Å². The van der Waals surface area contributed by atoms with Crippen LogP contribution in [0.3, 0.4) is 0 Å². The number of methoxy groups -OCH3 is 1. The van der Waals surface area contributed by atoms with Crippen molar-refractivity contribution in [3.63, 3.8) is 0 Å². The summed E-state index contributed by atoms with van der Waals surface area (Å²) >= 11 is 0. The molecule has 0 spiro atoms. The average Bonchev–Trinajstić information content (AvgIpc) is 2.61. The summed E-state index contributed by atoms with van der Waals surface area (Å²) in [4.78, 5) is 24.1. The van der Waals surface area contributed by atoms with Gasteiger partial charge < -0.3 is 10.1 Å². The van der Waals surface area contributed by atoms with Gasteiger partial charge in [0.15, 0.2) is 5.69 Å². The Morgan fingerprint density at radius 3 is 2.57 bits per heavy atom. The summed E-state index contributed by atoms with van der Waals surface area (Å²) in [5.41, 5.74) is 1.51. The van der Waals surface area contributed by atoms with Gasteiger partial charge in [-0.05, 0) is 24.3 Å². The van der Waals surface area contributed by atoms with Gasteiger partial charge in [0.2, 0.25) is 0 Å². The molecule has 23 heavy (non-hydrogen) atoms. The van der Waals surface area contributed by atoms with Crippen molar-refractivity contribution in [1.29, 1.82) is 0 Å². The fourth-order valence-electron chi connectivity index (χ4n) is 2.16. The first-order valence-electron chi connectivity index (χ1n) is 6.90. The number of hydrogen-bond acceptors (Lipinski definition) is 5. The summed E-state index contributed by atoms with van der Waals surface area (Å²) in [6.45, 7) is 0. The van der Waals surface area contributed by atoms with Crippen molar-refractivity contribution >= 4 is 28.5 Å². The first kappa shape index (κ1) is 14.6. The van der Waals surface area contributed by atoms with Crippen LogP contribution in [0.15, 0.2) is 54.6 Å². The first-order valence-corrected chi connectivity index (χ1v) is 6.90. The molecule has 6 nitrogen and oxygen atoms in total. The van der Waals surface area contributed by atoms with E-state index in [1.54, 1.807) is 30.3 Å². The van der Waals surface area contributed by atoms with E-state index in [9.17, 15) is 9.59 Å². The lowest BCUT2D eigenvalue weighted by molar-refractivity contribution is 0.0602. The summed E-state index contributed by atoms with van der Waals surface area (Å²) in [5.74, 6) is -0.967. The van der Waals surface area contributed by atoms with Gasteiger partial charge in [-0.1, -0.05) is 30.3 Å². The fraction of sp³-hybridized carbons (Fsp3) is 0.0588. The lowest BCUT2D eigenvalue weighted by Gasteiger charge is -2.09. The molecule has 0 unspecified atom stereocenters. The fourth-order valence-corrected chi connectivity index (χ4v) is 2.16. The number of para-hydroxylation sites is 1. The van der Waals surface area contributed by atoms with E-state index in [0.29, 0.717) is 11.2 Å². The van der Waals surface area contributed by atoms with Gasteiger partial charge >= 0.3 is 5.97 Å². The van der Waals surface area contributed by atoms with Gasteiger partial charge in [0.1, 0.15) is 0 Å². The number of aromatic nitrogens is 2. The lowest BCUT2D eigenvalue weighted by Crippen LogP contribution is -2.17. The predicted molar refractivity (Wildman–Crippen MR) is 85.3 cm³/mol. The molecular weight excluding hydrogens is 294 g/mol. The van der Waals surface area contributed by atoms with Crippen molar-refractivity contribution in [1.82, 2.24) is 10.2 Å². The molecule has 0 radical (unpaired) electrons. The van der Waals surface area contributed by atoms with Crippen molar-refractivity contribution in [2.45, 2.75) is 0 Å². The van der Waals surface area contributed by atoms with Crippen LogP contribution in [0.2, 0.25) is 0 Å². The lowest BCUT2D eigenvalue weighted by atomic mass is 10.1. The van der Waals surface area contributed by atoms with Gasteiger partial charge in [0, 0.05) is 5.39 Å². The molecule has 0 aliphatic rings. The largest absolute Gasteiger partial charge is 0.465 e. The highest BCUT2D eigenvalue weighted by atomic mass is 16.5. The number of ether oxygens (including phenoxy) is 1. The second-order valence-corrected chi connectivity index (χ2v) is 4.78. The van der Waals surface area contributed by atoms with E-state index in [1.807, 2.05) is 24.3 Å². The molecule has 1 heterocycles. The van der Waals surface area contributed by atoms with Gasteiger partial charge in [0.25, 0.3) is 5.91 Å². The highest BCUT2D eigenvalue weighted by molar-refractivity contribution is 6.07. The third-order valence-electron chi connectivity index (χ3n) is 3.31. The average molecular weight is 307 g/mol. The number of esters is 1. The molecule has 6 heteroatoms. The molecule has 0 bridgehead atoms. The van der Waals surface area contributed by atoms with Gasteiger partial charge in [-0.3, -0.25) is 4.79 Å². The van der Waals surface area contributed by atoms with Crippen molar-refractivity contribution < 1.29 is 14.3 Å². The second kappa shape index (κ2) is 6.23. The molecule has 0 fully saturated rings. The minimum Gasteiger partial charge on any atom is -0.465 e. The van der Waals surface area contributed by atoms with E-state index in [2.05, 4.69) is 15.5 Å². The van der Waals surface area contributed by atoms with Crippen LogP contribution in [0.4, 0.5) is 5.69 Å². The number of nitrogens with zero attached hydrogens (tertiary/aromatic N) is 2. The number of carbonyl (C=O) groups is 2. The number of amides is 1. The smallest absolute Gasteiger partial charge is 0.339 e. The summed E-state index contributed by atoms with van der Waals surface area (Å²) in [7, 11) is 1.29. The van der Waals surface area contributed by atoms with Crippen LogP contribution in [0.1, 0.15) is 20.8 Å². The molecule has 0 aliphatic carbocycles. The van der Waals surface area contributed by atoms with Crippen molar-refractivity contribution in [2.24, 2.45) is 0 Å². The topological polar surface area (TPSA) is 81.2 Å². The van der Waals surface area contributed by atoms with Crippen LogP contribution in [-0.2, 0) is 4.74 Å². The zero-order chi connectivity index (χ0) is 16.2. The normalized spacial score (nSPS) is 10.3. The maximum absolute atomic E-state index is 12.4. The van der Waals surface area contributed by atoms with Crippen LogP contribution in [-0.4, -0.2) is 29.2 Å². The monoisotopic (exact) mass is 307 g/mol. The Bertz CT molecular complexity index is 893. The predicted octanol–water partition coefficient (Wildman–Crippen LogP) is 2.67. The molecule has 0 atom stereocenters. The Morgan fingerprint density at radius 2 is 1.74 bits per heavy atom. The summed E-state index contributed by atoms with van der Waals surface area (Å²) in [6.07, 6.45) is 0. The van der Waals surface area contributed by atoms with E-state index >= 15 is 0 Å². The zero-order valence-corrected chi connectivity index (χ0v) is 12.3. The number of benzene rings is 2. The minimum absolute atomic E-state index is 0.170. The Hall–Kier alpha value is -3.28. The number of fused-ring (bicyclic) bond motifs is 1. The van der Waals surface area contributed by atoms with Gasteiger partial charge in [-0.25, -0.2) is 4.79 Å². The van der Waals surface area contributed by atoms with Crippen molar-refractivity contribution in [3.8, 4) is 0 Å². The van der Waals surface area contributed by atoms with Gasteiger partial charge in [0.05, 0.1) is 23.9 Å². The first-order chi connectivity index (χ1) is 11.2. The molecule has 2 aromatic carbocycles. The molecule has 114 valence electrons. The molecule has 0 aliphatic heterocycles. The molecular formula is C17H13N3O3. The number of hydrogen-bond donors (Lipinski definition) is 1. The zero-order valence-electron chi connectivity index (χ0n) is 12.3. The summed E-state index contributed by atoms with van der Waals surface area (Å²) in [6, 6.07) is 15.6. The maximum atomic E-state index is 12.4. The van der Waals surface area contributed by atoms with Crippen LogP contribution >= 0.6 is 0 Å². The SMILES string of the molecule is COC(=O)c1ccccc1NC(=O)c1cc2ccccc2nn1. The molecule has 1 aromatic heterocycles. The maximum Gasteiger partial charge on any atom is 0.339 e. The number of anilines is 1. The molecule has 0 saturated heterocycles. The highest BCUT2D eigenvalue weighted by Crippen LogP contribution is 2.17. The Balaban J connectivity index is 1.90. The molecule has 3 aromatic rings. The molecule has 0 saturated carbocycles. The highest BCUT2D eigenvalue weighted by Gasteiger charge is 2.15. The summed E-state index contributed by atoms with van der Waals surface area (Å²) < 4.78 is 4.70. The second-order valence-electron chi connectivity index (χ2n) is 4.78. The Morgan fingerprint density at radius 1 is 1.00 bits per heavy atom. The summed E-state index contributed by atoms with van der Waals surface area (Å²) in [5, 5.41) is 11.4. The molecule has 1 amide bonds. The van der Waals surface area contributed by atoms with Gasteiger partial charge in [-0.2, -0.15) is 0 Å². The third-order valence-corrected chi connectivity index (χ3v) is 3.31. The van der Waals surface area contributed by atoms with E-state index in [0.717, 1.165) is 5.39 Å². The van der Waals surface area contributed by atoms with Crippen molar-refractivity contribution in [3.05, 3.63) is 65.9 Å². The van der Waals surface area contributed by atoms with Crippen molar-refractivity contribution in [2.75, 3.05) is 12.4 Å². The quantitative estimate of drug-likeness (QED) is 0.752.